The normalized spacial score (nSPS) is 33.1. The van der Waals surface area contributed by atoms with E-state index >= 15 is 0 Å². The number of carbonyl (C=O) groups excluding carboxylic acids is 2. The molecule has 2 saturated heterocycles. The molecule has 0 aliphatic carbocycles. The quantitative estimate of drug-likeness (QED) is 0.650. The first kappa shape index (κ1) is 10.6. The van der Waals surface area contributed by atoms with Gasteiger partial charge in [0, 0.05) is 6.42 Å². The van der Waals surface area contributed by atoms with E-state index in [1.165, 1.54) is 0 Å². The molecule has 2 fully saturated rings. The lowest BCUT2D eigenvalue weighted by Crippen LogP contribution is -2.43. The molecule has 0 radical (unpaired) electrons. The van der Waals surface area contributed by atoms with Gasteiger partial charge in [0.1, 0.15) is 0 Å². The molecular weight excluding hydrogens is 192 g/mol. The fourth-order valence-electron chi connectivity index (χ4n) is 2.94. The Kier molecular flexibility index (Phi) is 2.78. The van der Waals surface area contributed by atoms with Crippen molar-refractivity contribution < 1.29 is 9.59 Å². The summed E-state index contributed by atoms with van der Waals surface area (Å²) in [5, 5.41) is 5.75. The predicted molar refractivity (Wildman–Crippen MR) is 56.1 cm³/mol. The molecule has 2 aliphatic heterocycles. The zero-order valence-corrected chi connectivity index (χ0v) is 9.14. The largest absolute Gasteiger partial charge is 0.317 e. The van der Waals surface area contributed by atoms with Crippen molar-refractivity contribution in [1.82, 2.24) is 10.6 Å². The van der Waals surface area contributed by atoms with Gasteiger partial charge in [-0.2, -0.15) is 0 Å². The van der Waals surface area contributed by atoms with Crippen LogP contribution in [0.5, 0.6) is 0 Å². The minimum atomic E-state index is -0.404. The standard InChI is InChI=1S/C11H18N2O2/c1-2-11(7-9(14)13-10(11)15)8-3-5-12-6-4-8/h8,12H,2-7H2,1H3,(H,13,14,15). The molecule has 2 heterocycles. The van der Waals surface area contributed by atoms with Crippen LogP contribution in [0.3, 0.4) is 0 Å². The van der Waals surface area contributed by atoms with Crippen molar-refractivity contribution in [3.63, 3.8) is 0 Å². The third-order valence-corrected chi connectivity index (χ3v) is 3.93. The third kappa shape index (κ3) is 1.67. The van der Waals surface area contributed by atoms with Gasteiger partial charge < -0.3 is 5.32 Å². The van der Waals surface area contributed by atoms with Gasteiger partial charge in [-0.05, 0) is 38.3 Å². The number of hydrogen-bond acceptors (Lipinski definition) is 3. The molecule has 0 saturated carbocycles. The number of rotatable bonds is 2. The fraction of sp³-hybridized carbons (Fsp3) is 0.818. The predicted octanol–water partition coefficient (Wildman–Crippen LogP) is 0.429. The summed E-state index contributed by atoms with van der Waals surface area (Å²) in [7, 11) is 0. The maximum absolute atomic E-state index is 11.9. The van der Waals surface area contributed by atoms with E-state index in [9.17, 15) is 9.59 Å². The van der Waals surface area contributed by atoms with Crippen molar-refractivity contribution in [1.29, 1.82) is 0 Å². The van der Waals surface area contributed by atoms with E-state index in [2.05, 4.69) is 10.6 Å². The number of carbonyl (C=O) groups is 2. The first-order valence-electron chi connectivity index (χ1n) is 5.74. The van der Waals surface area contributed by atoms with E-state index in [0.717, 1.165) is 32.4 Å². The van der Waals surface area contributed by atoms with E-state index < -0.39 is 5.41 Å². The summed E-state index contributed by atoms with van der Waals surface area (Å²) in [5.41, 5.74) is -0.404. The SMILES string of the molecule is CCC1(C2CCNCC2)CC(=O)NC1=O. The minimum absolute atomic E-state index is 0.0399. The number of nitrogens with one attached hydrogen (secondary N) is 2. The second-order valence-corrected chi connectivity index (χ2v) is 4.59. The van der Waals surface area contributed by atoms with Crippen LogP contribution in [-0.2, 0) is 9.59 Å². The molecule has 2 rings (SSSR count). The Morgan fingerprint density at radius 3 is 2.47 bits per heavy atom. The van der Waals surface area contributed by atoms with Crippen LogP contribution in [0.2, 0.25) is 0 Å². The van der Waals surface area contributed by atoms with Gasteiger partial charge in [-0.15, -0.1) is 0 Å². The second kappa shape index (κ2) is 3.93. The summed E-state index contributed by atoms with van der Waals surface area (Å²) in [6.07, 6.45) is 3.19. The number of piperidine rings is 1. The molecule has 0 aromatic heterocycles. The molecular formula is C11H18N2O2. The molecule has 2 N–H and O–H groups in total. The maximum Gasteiger partial charge on any atom is 0.233 e. The third-order valence-electron chi connectivity index (χ3n) is 3.93. The van der Waals surface area contributed by atoms with Crippen molar-refractivity contribution in [2.75, 3.05) is 13.1 Å². The van der Waals surface area contributed by atoms with E-state index in [0.29, 0.717) is 12.3 Å². The highest BCUT2D eigenvalue weighted by atomic mass is 16.2. The number of imide groups is 1. The molecule has 2 amide bonds. The lowest BCUT2D eigenvalue weighted by atomic mass is 9.68. The Hall–Kier alpha value is -0.900. The van der Waals surface area contributed by atoms with E-state index in [1.54, 1.807) is 0 Å². The molecule has 0 bridgehead atoms. The molecule has 4 nitrogen and oxygen atoms in total. The number of hydrogen-bond donors (Lipinski definition) is 2. The second-order valence-electron chi connectivity index (χ2n) is 4.59. The Balaban J connectivity index is 2.20. The van der Waals surface area contributed by atoms with Gasteiger partial charge in [-0.1, -0.05) is 6.92 Å². The fourth-order valence-corrected chi connectivity index (χ4v) is 2.94. The summed E-state index contributed by atoms with van der Waals surface area (Å²) in [4.78, 5) is 23.2. The topological polar surface area (TPSA) is 58.2 Å². The maximum atomic E-state index is 11.9. The van der Waals surface area contributed by atoms with Crippen LogP contribution in [0.15, 0.2) is 0 Å². The molecule has 0 aromatic rings. The van der Waals surface area contributed by atoms with E-state index in [1.807, 2.05) is 6.92 Å². The van der Waals surface area contributed by atoms with Crippen molar-refractivity contribution >= 4 is 11.8 Å². The highest BCUT2D eigenvalue weighted by Crippen LogP contribution is 2.43. The first-order chi connectivity index (χ1) is 7.19. The molecule has 1 atom stereocenters. The van der Waals surface area contributed by atoms with Crippen LogP contribution in [0.4, 0.5) is 0 Å². The van der Waals surface area contributed by atoms with Crippen LogP contribution in [0, 0.1) is 11.3 Å². The molecule has 15 heavy (non-hydrogen) atoms. The average molecular weight is 210 g/mol. The zero-order chi connectivity index (χ0) is 10.9. The van der Waals surface area contributed by atoms with Crippen LogP contribution in [0.25, 0.3) is 0 Å². The van der Waals surface area contributed by atoms with Gasteiger partial charge in [0.15, 0.2) is 0 Å². The Morgan fingerprint density at radius 2 is 2.00 bits per heavy atom. The van der Waals surface area contributed by atoms with Gasteiger partial charge in [0.2, 0.25) is 11.8 Å². The summed E-state index contributed by atoms with van der Waals surface area (Å²) >= 11 is 0. The Bertz CT molecular complexity index is 284. The van der Waals surface area contributed by atoms with Crippen LogP contribution < -0.4 is 10.6 Å². The monoisotopic (exact) mass is 210 g/mol. The van der Waals surface area contributed by atoms with Crippen LogP contribution in [-0.4, -0.2) is 24.9 Å². The summed E-state index contributed by atoms with van der Waals surface area (Å²) in [6.45, 7) is 3.95. The van der Waals surface area contributed by atoms with Crippen LogP contribution >= 0.6 is 0 Å². The molecule has 2 aliphatic rings. The highest BCUT2D eigenvalue weighted by Gasteiger charge is 2.50. The molecule has 0 spiro atoms. The molecule has 1 unspecified atom stereocenters. The number of amides is 2. The van der Waals surface area contributed by atoms with Crippen molar-refractivity contribution in [3.8, 4) is 0 Å². The lowest BCUT2D eigenvalue weighted by Gasteiger charge is -2.36. The van der Waals surface area contributed by atoms with E-state index in [4.69, 9.17) is 0 Å². The smallest absolute Gasteiger partial charge is 0.233 e. The molecule has 84 valence electrons. The lowest BCUT2D eigenvalue weighted by molar-refractivity contribution is -0.131. The molecule has 0 aromatic carbocycles. The highest BCUT2D eigenvalue weighted by molar-refractivity contribution is 6.06. The Morgan fingerprint density at radius 1 is 1.33 bits per heavy atom. The minimum Gasteiger partial charge on any atom is -0.317 e. The van der Waals surface area contributed by atoms with Crippen molar-refractivity contribution in [2.45, 2.75) is 32.6 Å². The molecule has 4 heteroatoms. The van der Waals surface area contributed by atoms with E-state index in [-0.39, 0.29) is 11.8 Å². The van der Waals surface area contributed by atoms with Gasteiger partial charge in [-0.3, -0.25) is 14.9 Å². The zero-order valence-electron chi connectivity index (χ0n) is 9.14. The van der Waals surface area contributed by atoms with Crippen LogP contribution in [0.1, 0.15) is 32.6 Å². The van der Waals surface area contributed by atoms with Crippen molar-refractivity contribution in [3.05, 3.63) is 0 Å². The van der Waals surface area contributed by atoms with Gasteiger partial charge in [-0.25, -0.2) is 0 Å². The van der Waals surface area contributed by atoms with Gasteiger partial charge >= 0.3 is 0 Å². The summed E-state index contributed by atoms with van der Waals surface area (Å²) in [6, 6.07) is 0. The Labute approximate surface area is 89.8 Å². The average Bonchev–Trinajstić information content (AvgIpc) is 2.56. The summed E-state index contributed by atoms with van der Waals surface area (Å²) < 4.78 is 0. The first-order valence-corrected chi connectivity index (χ1v) is 5.74. The van der Waals surface area contributed by atoms with Crippen molar-refractivity contribution in [2.24, 2.45) is 11.3 Å². The van der Waals surface area contributed by atoms with Gasteiger partial charge in [0.05, 0.1) is 5.41 Å². The summed E-state index contributed by atoms with van der Waals surface area (Å²) in [5.74, 6) is 0.234. The van der Waals surface area contributed by atoms with Gasteiger partial charge in [0.25, 0.3) is 0 Å².